The molecule has 3 nitrogen and oxygen atoms in total. The summed E-state index contributed by atoms with van der Waals surface area (Å²) < 4.78 is 0. The molecule has 0 fully saturated rings. The lowest BCUT2D eigenvalue weighted by atomic mass is 10.0. The number of nitrogens with zero attached hydrogens (tertiary/aromatic N) is 1. The fourth-order valence-electron chi connectivity index (χ4n) is 1.29. The van der Waals surface area contributed by atoms with Gasteiger partial charge in [-0.25, -0.2) is 4.98 Å². The summed E-state index contributed by atoms with van der Waals surface area (Å²) in [6, 6.07) is 0. The number of rotatable bonds is 4. The molecular formula is C11H17BrN2OS. The Labute approximate surface area is 109 Å². The molecule has 1 aromatic rings. The Kier molecular flexibility index (Phi) is 4.50. The lowest BCUT2D eigenvalue weighted by molar-refractivity contribution is 0.0917. The van der Waals surface area contributed by atoms with Crippen LogP contribution in [0.4, 0.5) is 0 Å². The maximum absolute atomic E-state index is 12.1. The minimum absolute atomic E-state index is 0.0214. The van der Waals surface area contributed by atoms with Gasteiger partial charge in [-0.2, -0.15) is 0 Å². The number of aromatic nitrogens is 1. The van der Waals surface area contributed by atoms with Gasteiger partial charge in [0.2, 0.25) is 0 Å². The molecule has 0 aromatic carbocycles. The summed E-state index contributed by atoms with van der Waals surface area (Å²) in [5.41, 5.74) is 0.620. The number of aryl methyl sites for hydroxylation is 2. The number of nitrogens with one attached hydrogen (secondary N) is 1. The number of halogens is 1. The molecule has 0 aliphatic heterocycles. The van der Waals surface area contributed by atoms with Gasteiger partial charge in [0, 0.05) is 10.9 Å². The third-order valence-corrected chi connectivity index (χ3v) is 4.91. The molecule has 16 heavy (non-hydrogen) atoms. The van der Waals surface area contributed by atoms with E-state index in [1.54, 1.807) is 0 Å². The van der Waals surface area contributed by atoms with Crippen LogP contribution in [0.1, 0.15) is 40.6 Å². The third kappa shape index (κ3) is 3.04. The van der Waals surface area contributed by atoms with Crippen molar-refractivity contribution in [2.24, 2.45) is 0 Å². The molecule has 1 N–H and O–H groups in total. The zero-order chi connectivity index (χ0) is 12.3. The van der Waals surface area contributed by atoms with Crippen LogP contribution >= 0.6 is 27.3 Å². The van der Waals surface area contributed by atoms with E-state index in [0.29, 0.717) is 0 Å². The van der Waals surface area contributed by atoms with Gasteiger partial charge in [-0.1, -0.05) is 22.9 Å². The predicted octanol–water partition coefficient (Wildman–Crippen LogP) is 3.05. The quantitative estimate of drug-likeness (QED) is 0.869. The van der Waals surface area contributed by atoms with Crippen LogP contribution in [0.3, 0.4) is 0 Å². The molecular weight excluding hydrogens is 288 g/mol. The topological polar surface area (TPSA) is 42.0 Å². The molecule has 0 bridgehead atoms. The van der Waals surface area contributed by atoms with E-state index < -0.39 is 0 Å². The van der Waals surface area contributed by atoms with Gasteiger partial charge in [0.25, 0.3) is 5.91 Å². The van der Waals surface area contributed by atoms with E-state index in [4.69, 9.17) is 0 Å². The zero-order valence-corrected chi connectivity index (χ0v) is 12.5. The molecule has 1 rings (SSSR count). The summed E-state index contributed by atoms with van der Waals surface area (Å²) in [4.78, 5) is 17.0. The molecule has 1 atom stereocenters. The average molecular weight is 305 g/mol. The number of hydrogen-bond acceptors (Lipinski definition) is 3. The van der Waals surface area contributed by atoms with Crippen molar-refractivity contribution in [2.75, 3.05) is 5.33 Å². The van der Waals surface area contributed by atoms with Gasteiger partial charge in [-0.05, 0) is 27.2 Å². The second-order valence-corrected chi connectivity index (χ2v) is 5.91. The number of alkyl halides is 1. The first-order valence-corrected chi connectivity index (χ1v) is 7.18. The summed E-state index contributed by atoms with van der Waals surface area (Å²) in [5.74, 6) is -0.0214. The fraction of sp³-hybridized carbons (Fsp3) is 0.636. The van der Waals surface area contributed by atoms with E-state index in [1.807, 2.05) is 20.8 Å². The Balaban J connectivity index is 2.84. The molecule has 1 unspecified atom stereocenters. The fourth-order valence-corrected chi connectivity index (χ4v) is 2.64. The Morgan fingerprint density at radius 2 is 2.19 bits per heavy atom. The van der Waals surface area contributed by atoms with E-state index in [1.165, 1.54) is 11.3 Å². The highest BCUT2D eigenvalue weighted by atomic mass is 79.9. The number of carbonyl (C=O) groups is 1. The zero-order valence-electron chi connectivity index (χ0n) is 10.1. The van der Waals surface area contributed by atoms with Crippen LogP contribution in [0.15, 0.2) is 0 Å². The standard InChI is InChI=1S/C11H17BrN2OS/c1-5-11(4,6-12)14-10(15)9-7(2)13-8(3)16-9/h5-6H2,1-4H3,(H,14,15). The van der Waals surface area contributed by atoms with E-state index in [-0.39, 0.29) is 11.4 Å². The Hall–Kier alpha value is -0.420. The maximum atomic E-state index is 12.1. The third-order valence-electron chi connectivity index (χ3n) is 2.60. The van der Waals surface area contributed by atoms with E-state index in [0.717, 1.165) is 27.3 Å². The normalized spacial score (nSPS) is 14.6. The van der Waals surface area contributed by atoms with Crippen LogP contribution in [0.25, 0.3) is 0 Å². The van der Waals surface area contributed by atoms with Gasteiger partial charge >= 0.3 is 0 Å². The van der Waals surface area contributed by atoms with Crippen LogP contribution < -0.4 is 5.32 Å². The van der Waals surface area contributed by atoms with Crippen LogP contribution in [0, 0.1) is 13.8 Å². The molecule has 0 aliphatic carbocycles. The Morgan fingerprint density at radius 1 is 1.56 bits per heavy atom. The van der Waals surface area contributed by atoms with E-state index in [9.17, 15) is 4.79 Å². The summed E-state index contributed by atoms with van der Waals surface area (Å²) in [5, 5.41) is 4.73. The Bertz CT molecular complexity index is 385. The highest BCUT2D eigenvalue weighted by Gasteiger charge is 2.25. The highest BCUT2D eigenvalue weighted by molar-refractivity contribution is 9.09. The molecule has 0 saturated heterocycles. The minimum atomic E-state index is -0.193. The second kappa shape index (κ2) is 5.27. The molecule has 5 heteroatoms. The van der Waals surface area contributed by atoms with Gasteiger partial charge in [-0.15, -0.1) is 11.3 Å². The largest absolute Gasteiger partial charge is 0.345 e. The second-order valence-electron chi connectivity index (χ2n) is 4.15. The van der Waals surface area contributed by atoms with E-state index >= 15 is 0 Å². The molecule has 0 saturated carbocycles. The molecule has 0 radical (unpaired) electrons. The number of hydrogen-bond donors (Lipinski definition) is 1. The van der Waals surface area contributed by atoms with Gasteiger partial charge < -0.3 is 5.32 Å². The molecule has 0 spiro atoms. The Morgan fingerprint density at radius 3 is 2.56 bits per heavy atom. The van der Waals surface area contributed by atoms with Crippen molar-refractivity contribution in [3.8, 4) is 0 Å². The first kappa shape index (κ1) is 13.6. The van der Waals surface area contributed by atoms with Crippen molar-refractivity contribution >= 4 is 33.2 Å². The number of amides is 1. The monoisotopic (exact) mass is 304 g/mol. The summed E-state index contributed by atoms with van der Waals surface area (Å²) in [7, 11) is 0. The van der Waals surface area contributed by atoms with E-state index in [2.05, 4.69) is 33.2 Å². The predicted molar refractivity (Wildman–Crippen MR) is 71.5 cm³/mol. The molecule has 1 amide bonds. The van der Waals surface area contributed by atoms with Crippen LogP contribution in [-0.2, 0) is 0 Å². The van der Waals surface area contributed by atoms with Crippen molar-refractivity contribution in [3.63, 3.8) is 0 Å². The SMILES string of the molecule is CCC(C)(CBr)NC(=O)c1sc(C)nc1C. The molecule has 0 aliphatic rings. The first-order chi connectivity index (χ1) is 7.41. The summed E-state index contributed by atoms with van der Waals surface area (Å²) in [6.07, 6.45) is 0.890. The van der Waals surface area contributed by atoms with Gasteiger partial charge in [0.1, 0.15) is 4.88 Å². The highest BCUT2D eigenvalue weighted by Crippen LogP contribution is 2.19. The average Bonchev–Trinajstić information content (AvgIpc) is 2.57. The van der Waals surface area contributed by atoms with Crippen molar-refractivity contribution in [1.82, 2.24) is 10.3 Å². The first-order valence-electron chi connectivity index (χ1n) is 5.24. The van der Waals surface area contributed by atoms with Crippen molar-refractivity contribution < 1.29 is 4.79 Å². The van der Waals surface area contributed by atoms with Crippen LogP contribution in [0.5, 0.6) is 0 Å². The molecule has 1 aromatic heterocycles. The smallest absolute Gasteiger partial charge is 0.263 e. The number of thiazole rings is 1. The number of carbonyl (C=O) groups excluding carboxylic acids is 1. The molecule has 90 valence electrons. The molecule has 1 heterocycles. The van der Waals surface area contributed by atoms with Gasteiger partial charge in [-0.3, -0.25) is 4.79 Å². The van der Waals surface area contributed by atoms with Crippen molar-refractivity contribution in [1.29, 1.82) is 0 Å². The van der Waals surface area contributed by atoms with Crippen LogP contribution in [-0.4, -0.2) is 21.8 Å². The minimum Gasteiger partial charge on any atom is -0.345 e. The maximum Gasteiger partial charge on any atom is 0.263 e. The summed E-state index contributed by atoms with van der Waals surface area (Å²) in [6.45, 7) is 7.88. The summed E-state index contributed by atoms with van der Waals surface area (Å²) >= 11 is 4.88. The van der Waals surface area contributed by atoms with Crippen molar-refractivity contribution in [3.05, 3.63) is 15.6 Å². The van der Waals surface area contributed by atoms with Gasteiger partial charge in [0.15, 0.2) is 0 Å². The lowest BCUT2D eigenvalue weighted by Gasteiger charge is -2.27. The van der Waals surface area contributed by atoms with Gasteiger partial charge in [0.05, 0.1) is 10.7 Å². The van der Waals surface area contributed by atoms with Crippen LogP contribution in [0.2, 0.25) is 0 Å². The lowest BCUT2D eigenvalue weighted by Crippen LogP contribution is -2.46. The van der Waals surface area contributed by atoms with Crippen molar-refractivity contribution in [2.45, 2.75) is 39.7 Å².